The minimum atomic E-state index is -0.674. The predicted molar refractivity (Wildman–Crippen MR) is 85.2 cm³/mol. The molecule has 1 N–H and O–H groups in total. The van der Waals surface area contributed by atoms with Crippen molar-refractivity contribution < 1.29 is 28.3 Å². The molecule has 0 aliphatic rings. The van der Waals surface area contributed by atoms with Crippen LogP contribution in [0.15, 0.2) is 34.3 Å². The number of nitrogens with zero attached hydrogens (tertiary/aromatic N) is 1. The third kappa shape index (κ3) is 5.69. The van der Waals surface area contributed by atoms with Gasteiger partial charge >= 0.3 is 11.9 Å². The summed E-state index contributed by atoms with van der Waals surface area (Å²) in [5, 5.41) is 4.41. The fourth-order valence-corrected chi connectivity index (χ4v) is 2.27. The molecule has 8 nitrogen and oxygen atoms in total. The molecule has 0 unspecified atom stereocenters. The van der Waals surface area contributed by atoms with Crippen molar-refractivity contribution in [2.24, 2.45) is 0 Å². The summed E-state index contributed by atoms with van der Waals surface area (Å²) in [6, 6.07) is 3.35. The number of hydrogen-bond acceptors (Lipinski definition) is 8. The Labute approximate surface area is 141 Å². The van der Waals surface area contributed by atoms with Gasteiger partial charge in [-0.25, -0.2) is 9.78 Å². The van der Waals surface area contributed by atoms with E-state index in [1.165, 1.54) is 19.4 Å². The Bertz CT molecular complexity index is 735. The number of ether oxygens (including phenoxy) is 2. The van der Waals surface area contributed by atoms with Gasteiger partial charge in [0.05, 0.1) is 25.5 Å². The summed E-state index contributed by atoms with van der Waals surface area (Å²) in [4.78, 5) is 38.3. The van der Waals surface area contributed by atoms with Crippen LogP contribution >= 0.6 is 11.3 Å². The van der Waals surface area contributed by atoms with E-state index in [4.69, 9.17) is 9.15 Å². The molecule has 0 aliphatic heterocycles. The van der Waals surface area contributed by atoms with Crippen LogP contribution in [0.3, 0.4) is 0 Å². The van der Waals surface area contributed by atoms with Crippen molar-refractivity contribution in [1.82, 2.24) is 4.98 Å². The molecule has 0 radical (unpaired) electrons. The number of carbonyl (C=O) groups excluding carboxylic acids is 3. The normalized spacial score (nSPS) is 10.5. The molecule has 0 saturated heterocycles. The number of furan rings is 1. The molecule has 0 saturated carbocycles. The zero-order valence-electron chi connectivity index (χ0n) is 12.7. The van der Waals surface area contributed by atoms with E-state index < -0.39 is 24.5 Å². The largest absolute Gasteiger partial charge is 0.469 e. The third-order valence-corrected chi connectivity index (χ3v) is 3.43. The van der Waals surface area contributed by atoms with Gasteiger partial charge in [0.15, 0.2) is 11.7 Å². The first-order valence-corrected chi connectivity index (χ1v) is 7.64. The number of carbonyl (C=O) groups is 3. The van der Waals surface area contributed by atoms with Crippen LogP contribution in [-0.4, -0.2) is 36.5 Å². The number of anilines is 1. The van der Waals surface area contributed by atoms with E-state index in [0.717, 1.165) is 17.4 Å². The predicted octanol–water partition coefficient (Wildman–Crippen LogP) is 1.65. The summed E-state index contributed by atoms with van der Waals surface area (Å²) in [6.07, 6.45) is 4.08. The molecule has 2 aromatic heterocycles. The zero-order valence-corrected chi connectivity index (χ0v) is 13.5. The average molecular weight is 350 g/mol. The Balaban J connectivity index is 1.75. The lowest BCUT2D eigenvalue weighted by Crippen LogP contribution is -2.20. The summed E-state index contributed by atoms with van der Waals surface area (Å²) in [7, 11) is 1.28. The summed E-state index contributed by atoms with van der Waals surface area (Å²) in [5.41, 5.74) is 0.487. The molecule has 0 fully saturated rings. The fourth-order valence-electron chi connectivity index (χ4n) is 1.54. The lowest BCUT2D eigenvalue weighted by Gasteiger charge is -2.02. The second kappa shape index (κ2) is 8.63. The first-order chi connectivity index (χ1) is 11.6. The van der Waals surface area contributed by atoms with Gasteiger partial charge in [-0.05, 0) is 18.2 Å². The van der Waals surface area contributed by atoms with Crippen LogP contribution in [0.25, 0.3) is 6.08 Å². The van der Waals surface area contributed by atoms with Crippen molar-refractivity contribution in [1.29, 1.82) is 0 Å². The lowest BCUT2D eigenvalue weighted by atomic mass is 10.3. The van der Waals surface area contributed by atoms with Crippen LogP contribution in [0, 0.1) is 0 Å². The summed E-state index contributed by atoms with van der Waals surface area (Å²) in [5.74, 6) is -1.13. The molecule has 0 aliphatic carbocycles. The first-order valence-electron chi connectivity index (χ1n) is 6.76. The molecule has 24 heavy (non-hydrogen) atoms. The second-order valence-electron chi connectivity index (χ2n) is 4.40. The number of thiazole rings is 1. The highest BCUT2D eigenvalue weighted by atomic mass is 32.1. The maximum atomic E-state index is 11.7. The minimum Gasteiger partial charge on any atom is -0.469 e. The quantitative estimate of drug-likeness (QED) is 0.597. The highest BCUT2D eigenvalue weighted by Gasteiger charge is 2.11. The number of esters is 2. The van der Waals surface area contributed by atoms with Gasteiger partial charge in [-0.1, -0.05) is 0 Å². The van der Waals surface area contributed by atoms with Crippen LogP contribution < -0.4 is 5.32 Å². The molecule has 126 valence electrons. The maximum Gasteiger partial charge on any atom is 0.331 e. The zero-order chi connectivity index (χ0) is 17.4. The molecule has 2 rings (SSSR count). The number of rotatable bonds is 7. The highest BCUT2D eigenvalue weighted by molar-refractivity contribution is 7.13. The summed E-state index contributed by atoms with van der Waals surface area (Å²) in [6.45, 7) is -0.451. The second-order valence-corrected chi connectivity index (χ2v) is 5.26. The number of aromatic nitrogens is 1. The van der Waals surface area contributed by atoms with E-state index in [1.54, 1.807) is 17.5 Å². The summed E-state index contributed by atoms with van der Waals surface area (Å²) < 4.78 is 14.3. The van der Waals surface area contributed by atoms with Crippen molar-refractivity contribution in [2.45, 2.75) is 6.42 Å². The number of nitrogens with one attached hydrogen (secondary N) is 1. The molecule has 0 atom stereocenters. The van der Waals surface area contributed by atoms with Gasteiger partial charge < -0.3 is 13.9 Å². The standard InChI is InChI=1S/C15H14N2O6S/c1-21-14(20)7-10-9-24-15(16-10)17-12(18)8-23-13(19)5-4-11-3-2-6-22-11/h2-6,9H,7-8H2,1H3,(H,16,17,18)/b5-4+. The number of amides is 1. The van der Waals surface area contributed by atoms with Gasteiger partial charge in [-0.2, -0.15) is 0 Å². The van der Waals surface area contributed by atoms with Crippen molar-refractivity contribution in [3.05, 3.63) is 41.3 Å². The third-order valence-electron chi connectivity index (χ3n) is 2.62. The Hall–Kier alpha value is -2.94. The van der Waals surface area contributed by atoms with E-state index in [0.29, 0.717) is 16.6 Å². The number of methoxy groups -OCH3 is 1. The van der Waals surface area contributed by atoms with Crippen molar-refractivity contribution in [3.63, 3.8) is 0 Å². The van der Waals surface area contributed by atoms with E-state index in [-0.39, 0.29) is 6.42 Å². The van der Waals surface area contributed by atoms with Gasteiger partial charge in [-0.15, -0.1) is 11.3 Å². The molecule has 2 aromatic rings. The lowest BCUT2D eigenvalue weighted by molar-refractivity contribution is -0.142. The Kier molecular flexibility index (Phi) is 6.26. The Morgan fingerprint density at radius 3 is 2.96 bits per heavy atom. The first kappa shape index (κ1) is 17.4. The average Bonchev–Trinajstić information content (AvgIpc) is 3.23. The van der Waals surface area contributed by atoms with E-state index in [1.807, 2.05) is 0 Å². The van der Waals surface area contributed by atoms with Crippen LogP contribution in [0.4, 0.5) is 5.13 Å². The van der Waals surface area contributed by atoms with E-state index in [2.05, 4.69) is 15.0 Å². The molecule has 1 amide bonds. The van der Waals surface area contributed by atoms with Crippen LogP contribution in [0.5, 0.6) is 0 Å². The SMILES string of the molecule is COC(=O)Cc1csc(NC(=O)COC(=O)/C=C/c2ccco2)n1. The molecule has 9 heteroatoms. The topological polar surface area (TPSA) is 108 Å². The van der Waals surface area contributed by atoms with Crippen molar-refractivity contribution >= 4 is 40.4 Å². The van der Waals surface area contributed by atoms with Crippen LogP contribution in [0.1, 0.15) is 11.5 Å². The van der Waals surface area contributed by atoms with Gasteiger partial charge in [0, 0.05) is 11.5 Å². The molecular weight excluding hydrogens is 336 g/mol. The molecule has 0 bridgehead atoms. The Morgan fingerprint density at radius 1 is 1.42 bits per heavy atom. The maximum absolute atomic E-state index is 11.7. The number of hydrogen-bond donors (Lipinski definition) is 1. The molecule has 2 heterocycles. The van der Waals surface area contributed by atoms with Crippen molar-refractivity contribution in [3.8, 4) is 0 Å². The van der Waals surface area contributed by atoms with Gasteiger partial charge in [-0.3, -0.25) is 14.9 Å². The molecule has 0 spiro atoms. The van der Waals surface area contributed by atoms with Gasteiger partial charge in [0.1, 0.15) is 5.76 Å². The summed E-state index contributed by atoms with van der Waals surface area (Å²) >= 11 is 1.16. The van der Waals surface area contributed by atoms with Gasteiger partial charge in [0.25, 0.3) is 5.91 Å². The van der Waals surface area contributed by atoms with E-state index in [9.17, 15) is 14.4 Å². The monoisotopic (exact) mass is 350 g/mol. The van der Waals surface area contributed by atoms with E-state index >= 15 is 0 Å². The molecule has 0 aromatic carbocycles. The minimum absolute atomic E-state index is 0.0232. The fraction of sp³-hybridized carbons (Fsp3) is 0.200. The highest BCUT2D eigenvalue weighted by Crippen LogP contribution is 2.15. The van der Waals surface area contributed by atoms with Gasteiger partial charge in [0.2, 0.25) is 0 Å². The Morgan fingerprint density at radius 2 is 2.25 bits per heavy atom. The van der Waals surface area contributed by atoms with Crippen molar-refractivity contribution in [2.75, 3.05) is 19.0 Å². The van der Waals surface area contributed by atoms with Crippen LogP contribution in [-0.2, 0) is 30.3 Å². The molecular formula is C15H14N2O6S. The van der Waals surface area contributed by atoms with Crippen LogP contribution in [0.2, 0.25) is 0 Å². The smallest absolute Gasteiger partial charge is 0.331 e.